The zero-order chi connectivity index (χ0) is 12.1. The lowest BCUT2D eigenvalue weighted by atomic mass is 10.2. The smallest absolute Gasteiger partial charge is 0.144 e. The molecular formula is C13H12BrNO2. The predicted molar refractivity (Wildman–Crippen MR) is 68.6 cm³/mol. The molecule has 0 aliphatic carbocycles. The van der Waals surface area contributed by atoms with Crippen LogP contribution in [0.25, 0.3) is 0 Å². The van der Waals surface area contributed by atoms with E-state index in [0.717, 1.165) is 10.0 Å². The summed E-state index contributed by atoms with van der Waals surface area (Å²) in [5.74, 6) is 0.603. The van der Waals surface area contributed by atoms with Crippen molar-refractivity contribution in [3.8, 4) is 5.75 Å². The summed E-state index contributed by atoms with van der Waals surface area (Å²) < 4.78 is 6.47. The van der Waals surface area contributed by atoms with E-state index in [1.807, 2.05) is 36.4 Å². The third kappa shape index (κ3) is 3.28. The molecule has 4 heteroatoms. The molecule has 0 bridgehead atoms. The Bertz CT molecular complexity index is 488. The maximum Gasteiger partial charge on any atom is 0.144 e. The fourth-order valence-corrected chi connectivity index (χ4v) is 1.74. The lowest BCUT2D eigenvalue weighted by Gasteiger charge is -2.09. The fraction of sp³-hybridized carbons (Fsp3) is 0.154. The Morgan fingerprint density at radius 3 is 2.71 bits per heavy atom. The molecule has 0 aliphatic heterocycles. The number of nitrogens with zero attached hydrogens (tertiary/aromatic N) is 1. The molecule has 0 saturated carbocycles. The molecule has 0 fully saturated rings. The van der Waals surface area contributed by atoms with Gasteiger partial charge in [0.1, 0.15) is 18.1 Å². The van der Waals surface area contributed by atoms with Crippen LogP contribution < -0.4 is 4.74 Å². The van der Waals surface area contributed by atoms with Crippen LogP contribution in [0.15, 0.2) is 47.1 Å². The zero-order valence-corrected chi connectivity index (χ0v) is 10.7. The lowest BCUT2D eigenvalue weighted by molar-refractivity contribution is 0.253. The molecule has 2 aromatic rings. The van der Waals surface area contributed by atoms with Gasteiger partial charge in [-0.05, 0) is 27.6 Å². The molecular weight excluding hydrogens is 282 g/mol. The molecule has 0 radical (unpaired) electrons. The molecule has 1 aromatic carbocycles. The molecule has 0 aliphatic rings. The van der Waals surface area contributed by atoms with E-state index in [-0.39, 0.29) is 6.61 Å². The van der Waals surface area contributed by atoms with Crippen LogP contribution in [0, 0.1) is 0 Å². The minimum atomic E-state index is -0.128. The first-order valence-corrected chi connectivity index (χ1v) is 6.01. The first kappa shape index (κ1) is 12.1. The second-order valence-corrected chi connectivity index (χ2v) is 4.45. The van der Waals surface area contributed by atoms with Crippen LogP contribution in [0.4, 0.5) is 0 Å². The first-order valence-electron chi connectivity index (χ1n) is 5.21. The number of halogens is 1. The molecule has 3 nitrogen and oxygen atoms in total. The average molecular weight is 294 g/mol. The Morgan fingerprint density at radius 1 is 1.24 bits per heavy atom. The Morgan fingerprint density at radius 2 is 2.00 bits per heavy atom. The molecule has 1 N–H and O–H groups in total. The van der Waals surface area contributed by atoms with Gasteiger partial charge in [0.2, 0.25) is 0 Å². The van der Waals surface area contributed by atoms with Gasteiger partial charge in [-0.25, -0.2) is 0 Å². The van der Waals surface area contributed by atoms with Crippen LogP contribution in [0.1, 0.15) is 11.3 Å². The molecule has 0 amide bonds. The van der Waals surface area contributed by atoms with Gasteiger partial charge in [0.25, 0.3) is 0 Å². The summed E-state index contributed by atoms with van der Waals surface area (Å²) >= 11 is 3.33. The Balaban J connectivity index is 2.11. The molecule has 1 heterocycles. The van der Waals surface area contributed by atoms with Crippen molar-refractivity contribution in [1.29, 1.82) is 0 Å². The molecule has 1 aromatic heterocycles. The van der Waals surface area contributed by atoms with E-state index in [0.29, 0.717) is 18.1 Å². The molecule has 17 heavy (non-hydrogen) atoms. The first-order chi connectivity index (χ1) is 8.29. The number of benzene rings is 1. The molecule has 0 spiro atoms. The maximum absolute atomic E-state index is 9.15. The topological polar surface area (TPSA) is 42.4 Å². The van der Waals surface area contributed by atoms with E-state index in [9.17, 15) is 0 Å². The van der Waals surface area contributed by atoms with Crippen LogP contribution in [-0.2, 0) is 13.2 Å². The van der Waals surface area contributed by atoms with E-state index in [1.165, 1.54) is 0 Å². The zero-order valence-electron chi connectivity index (χ0n) is 9.14. The molecule has 88 valence electrons. The molecule has 0 atom stereocenters. The maximum atomic E-state index is 9.15. The van der Waals surface area contributed by atoms with Gasteiger partial charge < -0.3 is 9.84 Å². The number of aliphatic hydroxyl groups excluding tert-OH is 1. The molecule has 0 saturated heterocycles. The van der Waals surface area contributed by atoms with Crippen LogP contribution >= 0.6 is 15.9 Å². The second-order valence-electron chi connectivity index (χ2n) is 3.53. The monoisotopic (exact) mass is 293 g/mol. The van der Waals surface area contributed by atoms with Gasteiger partial charge >= 0.3 is 0 Å². The third-order valence-corrected chi connectivity index (χ3v) is 2.72. The minimum absolute atomic E-state index is 0.128. The van der Waals surface area contributed by atoms with Gasteiger partial charge in [0.15, 0.2) is 0 Å². The largest absolute Gasteiger partial charge is 0.487 e. The Hall–Kier alpha value is -1.39. The van der Waals surface area contributed by atoms with Gasteiger partial charge in [0.05, 0.1) is 6.61 Å². The quantitative estimate of drug-likeness (QED) is 0.942. The summed E-state index contributed by atoms with van der Waals surface area (Å²) in [7, 11) is 0. The Kier molecular flexibility index (Phi) is 4.12. The second kappa shape index (κ2) is 5.80. The minimum Gasteiger partial charge on any atom is -0.487 e. The van der Waals surface area contributed by atoms with E-state index in [1.54, 1.807) is 6.20 Å². The van der Waals surface area contributed by atoms with Crippen LogP contribution in [0.3, 0.4) is 0 Å². The van der Waals surface area contributed by atoms with Crippen molar-refractivity contribution < 1.29 is 9.84 Å². The van der Waals surface area contributed by atoms with Gasteiger partial charge in [-0.1, -0.05) is 30.3 Å². The van der Waals surface area contributed by atoms with E-state index in [4.69, 9.17) is 9.84 Å². The standard InChI is InChI=1S/C13H12BrNO2/c14-11-6-13(12(8-16)15-7-11)17-9-10-4-2-1-3-5-10/h1-7,16H,8-9H2. The average Bonchev–Trinajstić information content (AvgIpc) is 2.38. The number of aromatic nitrogens is 1. The number of hydrogen-bond acceptors (Lipinski definition) is 3. The van der Waals surface area contributed by atoms with Gasteiger partial charge in [-0.2, -0.15) is 0 Å². The summed E-state index contributed by atoms with van der Waals surface area (Å²) in [6.07, 6.45) is 1.64. The van der Waals surface area contributed by atoms with Crippen molar-refractivity contribution in [2.45, 2.75) is 13.2 Å². The SMILES string of the molecule is OCc1ncc(Br)cc1OCc1ccccc1. The number of ether oxygens (including phenoxy) is 1. The van der Waals surface area contributed by atoms with Crippen LogP contribution in [-0.4, -0.2) is 10.1 Å². The van der Waals surface area contributed by atoms with E-state index in [2.05, 4.69) is 20.9 Å². The molecule has 0 unspecified atom stereocenters. The lowest BCUT2D eigenvalue weighted by Crippen LogP contribution is -2.00. The van der Waals surface area contributed by atoms with Crippen molar-refractivity contribution in [3.63, 3.8) is 0 Å². The number of pyridine rings is 1. The van der Waals surface area contributed by atoms with Crippen LogP contribution in [0.2, 0.25) is 0 Å². The van der Waals surface area contributed by atoms with Crippen molar-refractivity contribution in [1.82, 2.24) is 4.98 Å². The van der Waals surface area contributed by atoms with Gasteiger partial charge in [-0.15, -0.1) is 0 Å². The van der Waals surface area contributed by atoms with Crippen LogP contribution in [0.5, 0.6) is 5.75 Å². The van der Waals surface area contributed by atoms with Crippen molar-refractivity contribution in [2.24, 2.45) is 0 Å². The molecule has 2 rings (SSSR count). The van der Waals surface area contributed by atoms with Crippen molar-refractivity contribution in [2.75, 3.05) is 0 Å². The number of aliphatic hydroxyl groups is 1. The summed E-state index contributed by atoms with van der Waals surface area (Å²) in [6.45, 7) is 0.337. The number of hydrogen-bond donors (Lipinski definition) is 1. The highest BCUT2D eigenvalue weighted by molar-refractivity contribution is 9.10. The summed E-state index contributed by atoms with van der Waals surface area (Å²) in [5.41, 5.74) is 1.63. The summed E-state index contributed by atoms with van der Waals surface area (Å²) in [6, 6.07) is 11.7. The van der Waals surface area contributed by atoms with Crippen molar-refractivity contribution in [3.05, 3.63) is 58.3 Å². The van der Waals surface area contributed by atoms with Crippen molar-refractivity contribution >= 4 is 15.9 Å². The highest BCUT2D eigenvalue weighted by Gasteiger charge is 2.05. The fourth-order valence-electron chi connectivity index (χ4n) is 1.43. The van der Waals surface area contributed by atoms with Gasteiger partial charge in [-0.3, -0.25) is 4.98 Å². The Labute approximate surface area is 108 Å². The third-order valence-electron chi connectivity index (χ3n) is 2.28. The van der Waals surface area contributed by atoms with E-state index >= 15 is 0 Å². The predicted octanol–water partition coefficient (Wildman–Crippen LogP) is 2.92. The summed E-state index contributed by atoms with van der Waals surface area (Å²) in [4.78, 5) is 4.09. The number of rotatable bonds is 4. The highest BCUT2D eigenvalue weighted by Crippen LogP contribution is 2.22. The summed E-state index contributed by atoms with van der Waals surface area (Å²) in [5, 5.41) is 9.15. The van der Waals surface area contributed by atoms with Gasteiger partial charge in [0, 0.05) is 10.7 Å². The van der Waals surface area contributed by atoms with E-state index < -0.39 is 0 Å². The normalized spacial score (nSPS) is 10.2. The highest BCUT2D eigenvalue weighted by atomic mass is 79.9.